The molecule has 0 radical (unpaired) electrons. The summed E-state index contributed by atoms with van der Waals surface area (Å²) in [5.41, 5.74) is 2.29. The molecule has 23 heavy (non-hydrogen) atoms. The summed E-state index contributed by atoms with van der Waals surface area (Å²) in [4.78, 5) is 15.9. The van der Waals surface area contributed by atoms with Crippen molar-refractivity contribution in [2.24, 2.45) is 0 Å². The van der Waals surface area contributed by atoms with E-state index < -0.39 is 0 Å². The molecule has 0 bridgehead atoms. The van der Waals surface area contributed by atoms with Crippen molar-refractivity contribution in [2.75, 3.05) is 18.4 Å². The van der Waals surface area contributed by atoms with Crippen LogP contribution in [0.25, 0.3) is 0 Å². The van der Waals surface area contributed by atoms with Crippen LogP contribution in [0.3, 0.4) is 0 Å². The van der Waals surface area contributed by atoms with E-state index in [1.165, 1.54) is 6.20 Å². The maximum atomic E-state index is 11.9. The highest BCUT2D eigenvalue weighted by atomic mass is 35.5. The quantitative estimate of drug-likeness (QED) is 0.744. The van der Waals surface area contributed by atoms with Gasteiger partial charge in [-0.1, -0.05) is 35.3 Å². The lowest BCUT2D eigenvalue weighted by Crippen LogP contribution is -2.23. The number of halogens is 2. The van der Waals surface area contributed by atoms with Gasteiger partial charge in [0, 0.05) is 35.5 Å². The lowest BCUT2D eigenvalue weighted by molar-refractivity contribution is 0.0957. The number of amides is 1. The van der Waals surface area contributed by atoms with Gasteiger partial charge in [0.25, 0.3) is 5.91 Å². The van der Waals surface area contributed by atoms with Crippen LogP contribution in [-0.2, 0) is 6.42 Å². The van der Waals surface area contributed by atoms with Crippen LogP contribution < -0.4 is 10.6 Å². The number of anilines is 1. The molecule has 1 heterocycles. The molecular weight excluding hydrogens is 333 g/mol. The standard InChI is InChI=1S/C17H17Cl2N3O/c1-2-6-22-17(23)13-8-15(11-20-10-13)21-7-5-12-3-4-14(18)9-16(12)19/h2-4,8-11,21H,1,5-7H2,(H,22,23). The molecule has 0 spiro atoms. The lowest BCUT2D eigenvalue weighted by Gasteiger charge is -2.09. The molecule has 0 saturated heterocycles. The van der Waals surface area contributed by atoms with Crippen molar-refractivity contribution in [1.29, 1.82) is 0 Å². The summed E-state index contributed by atoms with van der Waals surface area (Å²) in [5, 5.41) is 7.22. The summed E-state index contributed by atoms with van der Waals surface area (Å²) < 4.78 is 0. The van der Waals surface area contributed by atoms with Gasteiger partial charge in [-0.05, 0) is 30.2 Å². The molecule has 120 valence electrons. The Kier molecular flexibility index (Phi) is 6.44. The van der Waals surface area contributed by atoms with Crippen molar-refractivity contribution in [3.63, 3.8) is 0 Å². The van der Waals surface area contributed by atoms with Crippen molar-refractivity contribution >= 4 is 34.8 Å². The molecule has 6 heteroatoms. The molecule has 2 rings (SSSR count). The Labute approximate surface area is 145 Å². The van der Waals surface area contributed by atoms with Gasteiger partial charge in [-0.3, -0.25) is 9.78 Å². The van der Waals surface area contributed by atoms with E-state index in [1.54, 1.807) is 24.4 Å². The smallest absolute Gasteiger partial charge is 0.253 e. The van der Waals surface area contributed by atoms with Crippen LogP contribution in [0, 0.1) is 0 Å². The zero-order valence-corrected chi connectivity index (χ0v) is 14.0. The van der Waals surface area contributed by atoms with Crippen LogP contribution in [0.15, 0.2) is 49.3 Å². The Morgan fingerprint density at radius 3 is 2.83 bits per heavy atom. The second-order valence-electron chi connectivity index (χ2n) is 4.87. The van der Waals surface area contributed by atoms with E-state index in [-0.39, 0.29) is 5.91 Å². The fraction of sp³-hybridized carbons (Fsp3) is 0.176. The van der Waals surface area contributed by atoms with Gasteiger partial charge in [-0.2, -0.15) is 0 Å². The fourth-order valence-corrected chi connectivity index (χ4v) is 2.50. The van der Waals surface area contributed by atoms with Crippen molar-refractivity contribution in [3.8, 4) is 0 Å². The second kappa shape index (κ2) is 8.56. The molecule has 0 aliphatic rings. The van der Waals surface area contributed by atoms with Crippen LogP contribution in [0.1, 0.15) is 15.9 Å². The monoisotopic (exact) mass is 349 g/mol. The number of aromatic nitrogens is 1. The van der Waals surface area contributed by atoms with Gasteiger partial charge in [0.2, 0.25) is 0 Å². The first-order valence-electron chi connectivity index (χ1n) is 7.12. The molecule has 0 saturated carbocycles. The SMILES string of the molecule is C=CCNC(=O)c1cncc(NCCc2ccc(Cl)cc2Cl)c1. The van der Waals surface area contributed by atoms with Crippen molar-refractivity contribution < 1.29 is 4.79 Å². The number of nitrogens with zero attached hydrogens (tertiary/aromatic N) is 1. The van der Waals surface area contributed by atoms with E-state index in [1.807, 2.05) is 12.1 Å². The second-order valence-corrected chi connectivity index (χ2v) is 5.72. The molecular formula is C17H17Cl2N3O. The molecule has 2 N–H and O–H groups in total. The summed E-state index contributed by atoms with van der Waals surface area (Å²) in [6.07, 6.45) is 5.57. The average molecular weight is 350 g/mol. The minimum atomic E-state index is -0.179. The average Bonchev–Trinajstić information content (AvgIpc) is 2.55. The Morgan fingerprint density at radius 1 is 1.26 bits per heavy atom. The molecule has 0 atom stereocenters. The van der Waals surface area contributed by atoms with E-state index in [2.05, 4.69) is 22.2 Å². The Balaban J connectivity index is 1.93. The topological polar surface area (TPSA) is 54.0 Å². The Morgan fingerprint density at radius 2 is 2.09 bits per heavy atom. The Hall–Kier alpha value is -2.04. The van der Waals surface area contributed by atoms with Crippen LogP contribution in [0.2, 0.25) is 10.0 Å². The third kappa shape index (κ3) is 5.27. The summed E-state index contributed by atoms with van der Waals surface area (Å²) >= 11 is 12.0. The summed E-state index contributed by atoms with van der Waals surface area (Å²) in [5.74, 6) is -0.179. The van der Waals surface area contributed by atoms with Crippen molar-refractivity contribution in [3.05, 3.63) is 70.5 Å². The van der Waals surface area contributed by atoms with Gasteiger partial charge in [-0.15, -0.1) is 6.58 Å². The third-order valence-corrected chi connectivity index (χ3v) is 3.73. The lowest BCUT2D eigenvalue weighted by atomic mass is 10.1. The number of hydrogen-bond donors (Lipinski definition) is 2. The minimum absolute atomic E-state index is 0.179. The molecule has 0 unspecified atom stereocenters. The fourth-order valence-electron chi connectivity index (χ4n) is 1.99. The maximum absolute atomic E-state index is 11.9. The predicted octanol–water partition coefficient (Wildman–Crippen LogP) is 3.96. The maximum Gasteiger partial charge on any atom is 0.253 e. The number of nitrogens with one attached hydrogen (secondary N) is 2. The zero-order valence-electron chi connectivity index (χ0n) is 12.5. The van der Waals surface area contributed by atoms with Crippen LogP contribution in [0.5, 0.6) is 0 Å². The molecule has 0 aliphatic heterocycles. The summed E-state index contributed by atoms with van der Waals surface area (Å²) in [6.45, 7) is 4.65. The normalized spacial score (nSPS) is 10.2. The zero-order chi connectivity index (χ0) is 16.7. The van der Waals surface area contributed by atoms with Gasteiger partial charge < -0.3 is 10.6 Å². The Bertz CT molecular complexity index is 704. The number of pyridine rings is 1. The molecule has 1 aromatic carbocycles. The first kappa shape index (κ1) is 17.3. The van der Waals surface area contributed by atoms with Gasteiger partial charge in [-0.25, -0.2) is 0 Å². The summed E-state index contributed by atoms with van der Waals surface area (Å²) in [7, 11) is 0. The van der Waals surface area contributed by atoms with E-state index >= 15 is 0 Å². The third-order valence-electron chi connectivity index (χ3n) is 3.15. The molecule has 0 aliphatic carbocycles. The van der Waals surface area contributed by atoms with E-state index in [4.69, 9.17) is 23.2 Å². The van der Waals surface area contributed by atoms with Crippen LogP contribution in [0.4, 0.5) is 5.69 Å². The minimum Gasteiger partial charge on any atom is -0.383 e. The highest BCUT2D eigenvalue weighted by molar-refractivity contribution is 6.35. The van der Waals surface area contributed by atoms with E-state index in [0.717, 1.165) is 17.7 Å². The van der Waals surface area contributed by atoms with Gasteiger partial charge in [0.1, 0.15) is 0 Å². The summed E-state index contributed by atoms with van der Waals surface area (Å²) in [6, 6.07) is 7.21. The van der Waals surface area contributed by atoms with Gasteiger partial charge in [0.05, 0.1) is 11.3 Å². The molecule has 1 amide bonds. The molecule has 4 nitrogen and oxygen atoms in total. The van der Waals surface area contributed by atoms with Crippen LogP contribution in [-0.4, -0.2) is 24.0 Å². The van der Waals surface area contributed by atoms with E-state index in [0.29, 0.717) is 28.7 Å². The predicted molar refractivity (Wildman–Crippen MR) is 95.4 cm³/mol. The molecule has 2 aromatic rings. The first-order valence-corrected chi connectivity index (χ1v) is 7.87. The molecule has 1 aromatic heterocycles. The largest absolute Gasteiger partial charge is 0.383 e. The van der Waals surface area contributed by atoms with Crippen molar-refractivity contribution in [1.82, 2.24) is 10.3 Å². The number of carbonyl (C=O) groups excluding carboxylic acids is 1. The van der Waals surface area contributed by atoms with Gasteiger partial charge >= 0.3 is 0 Å². The van der Waals surface area contributed by atoms with Crippen molar-refractivity contribution in [2.45, 2.75) is 6.42 Å². The first-order chi connectivity index (χ1) is 11.1. The van der Waals surface area contributed by atoms with E-state index in [9.17, 15) is 4.79 Å². The number of rotatable bonds is 7. The number of hydrogen-bond acceptors (Lipinski definition) is 3. The van der Waals surface area contributed by atoms with Gasteiger partial charge in [0.15, 0.2) is 0 Å². The number of benzene rings is 1. The number of carbonyl (C=O) groups is 1. The highest BCUT2D eigenvalue weighted by Crippen LogP contribution is 2.21. The van der Waals surface area contributed by atoms with Crippen LogP contribution >= 0.6 is 23.2 Å². The molecule has 0 fully saturated rings. The highest BCUT2D eigenvalue weighted by Gasteiger charge is 2.06.